The van der Waals surface area contributed by atoms with Gasteiger partial charge in [0.15, 0.2) is 6.10 Å². The zero-order valence-corrected chi connectivity index (χ0v) is 5.76. The summed E-state index contributed by atoms with van der Waals surface area (Å²) in [4.78, 5) is 9.81. The number of carboxylic acid groups (broad SMARTS) is 1. The van der Waals surface area contributed by atoms with Crippen LogP contribution in [0.4, 0.5) is 0 Å². The quantitative estimate of drug-likeness (QED) is 0.488. The van der Waals surface area contributed by atoms with Gasteiger partial charge in [0.2, 0.25) is 0 Å². The number of nitrogens with two attached hydrogens (primary N) is 1. The van der Waals surface area contributed by atoms with Crippen molar-refractivity contribution < 1.29 is 15.0 Å². The van der Waals surface area contributed by atoms with Crippen molar-refractivity contribution >= 4 is 18.4 Å². The zero-order chi connectivity index (χ0) is 6.73. The van der Waals surface area contributed by atoms with Crippen molar-refractivity contribution in [3.63, 3.8) is 0 Å². The van der Waals surface area contributed by atoms with E-state index in [0.29, 0.717) is 0 Å². The van der Waals surface area contributed by atoms with Gasteiger partial charge in [-0.25, -0.2) is 4.79 Å². The number of carboxylic acids is 1. The van der Waals surface area contributed by atoms with Crippen molar-refractivity contribution in [2.45, 2.75) is 19.1 Å². The minimum absolute atomic E-state index is 0. The molecule has 56 valence electrons. The van der Waals surface area contributed by atoms with E-state index >= 15 is 0 Å². The Labute approximate surface area is 59.1 Å². The van der Waals surface area contributed by atoms with Crippen LogP contribution < -0.4 is 5.73 Å². The Morgan fingerprint density at radius 1 is 1.67 bits per heavy atom. The van der Waals surface area contributed by atoms with E-state index in [1.165, 1.54) is 6.92 Å². The standard InChI is InChI=1S/C4H9NO3.ClH/c1-2(5)3(6)4(7)8;/h2-3,6H,5H2,1H3,(H,7,8);1H/t2-,3-;/m0./s1. The monoisotopic (exact) mass is 155 g/mol. The Morgan fingerprint density at radius 3 is 2.00 bits per heavy atom. The first-order valence-corrected chi connectivity index (χ1v) is 2.22. The molecule has 0 spiro atoms. The molecule has 0 unspecified atom stereocenters. The maximum Gasteiger partial charge on any atom is 0.334 e. The summed E-state index contributed by atoms with van der Waals surface area (Å²) in [6.45, 7) is 1.43. The van der Waals surface area contributed by atoms with Crippen molar-refractivity contribution in [3.8, 4) is 0 Å². The molecule has 9 heavy (non-hydrogen) atoms. The number of hydrogen-bond donors (Lipinski definition) is 3. The summed E-state index contributed by atoms with van der Waals surface area (Å²) < 4.78 is 0. The third kappa shape index (κ3) is 4.20. The summed E-state index contributed by atoms with van der Waals surface area (Å²) in [7, 11) is 0. The highest BCUT2D eigenvalue weighted by Crippen LogP contribution is 1.86. The van der Waals surface area contributed by atoms with Crippen LogP contribution in [-0.2, 0) is 4.79 Å². The zero-order valence-electron chi connectivity index (χ0n) is 4.94. The molecule has 0 aromatic heterocycles. The van der Waals surface area contributed by atoms with Gasteiger partial charge in [0.05, 0.1) is 0 Å². The number of hydrogen-bond acceptors (Lipinski definition) is 3. The van der Waals surface area contributed by atoms with Crippen LogP contribution >= 0.6 is 12.4 Å². The van der Waals surface area contributed by atoms with Crippen molar-refractivity contribution in [1.82, 2.24) is 0 Å². The fourth-order valence-corrected chi connectivity index (χ4v) is 0.225. The number of aliphatic carboxylic acids is 1. The number of aliphatic hydroxyl groups excluding tert-OH is 1. The Bertz CT molecular complexity index is 95.8. The lowest BCUT2D eigenvalue weighted by Gasteiger charge is -2.06. The molecule has 0 aliphatic carbocycles. The van der Waals surface area contributed by atoms with E-state index in [9.17, 15) is 4.79 Å². The molecule has 0 aromatic carbocycles. The molecule has 0 radical (unpaired) electrons. The second-order valence-corrected chi connectivity index (χ2v) is 1.64. The molecule has 0 saturated heterocycles. The normalized spacial score (nSPS) is 15.4. The van der Waals surface area contributed by atoms with E-state index in [-0.39, 0.29) is 12.4 Å². The minimum Gasteiger partial charge on any atom is -0.479 e. The van der Waals surface area contributed by atoms with Crippen LogP contribution in [0.3, 0.4) is 0 Å². The lowest BCUT2D eigenvalue weighted by molar-refractivity contribution is -0.147. The van der Waals surface area contributed by atoms with Gasteiger partial charge >= 0.3 is 5.97 Å². The summed E-state index contributed by atoms with van der Waals surface area (Å²) in [5.74, 6) is -1.28. The Balaban J connectivity index is 0. The number of rotatable bonds is 2. The van der Waals surface area contributed by atoms with E-state index in [2.05, 4.69) is 0 Å². The van der Waals surface area contributed by atoms with Crippen molar-refractivity contribution in [2.24, 2.45) is 5.73 Å². The molecule has 2 atom stereocenters. The largest absolute Gasteiger partial charge is 0.479 e. The maximum atomic E-state index is 9.81. The summed E-state index contributed by atoms with van der Waals surface area (Å²) in [5, 5.41) is 16.5. The van der Waals surface area contributed by atoms with Gasteiger partial charge in [0.1, 0.15) is 0 Å². The average molecular weight is 156 g/mol. The molecule has 5 heteroatoms. The summed E-state index contributed by atoms with van der Waals surface area (Å²) in [6.07, 6.45) is -1.44. The third-order valence-electron chi connectivity index (χ3n) is 0.751. The minimum atomic E-state index is -1.44. The molecule has 0 saturated carbocycles. The van der Waals surface area contributed by atoms with Gasteiger partial charge in [-0.15, -0.1) is 12.4 Å². The summed E-state index contributed by atoms with van der Waals surface area (Å²) in [6, 6.07) is -0.701. The molecule has 0 aliphatic heterocycles. The lowest BCUT2D eigenvalue weighted by Crippen LogP contribution is -2.37. The highest BCUT2D eigenvalue weighted by Gasteiger charge is 2.16. The molecule has 0 aliphatic rings. The van der Waals surface area contributed by atoms with Crippen LogP contribution in [0.2, 0.25) is 0 Å². The molecule has 0 bridgehead atoms. The number of aliphatic hydroxyl groups is 1. The van der Waals surface area contributed by atoms with Gasteiger partial charge in [0, 0.05) is 6.04 Å². The Morgan fingerprint density at radius 2 is 2.00 bits per heavy atom. The highest BCUT2D eigenvalue weighted by molar-refractivity contribution is 5.85. The first-order valence-electron chi connectivity index (χ1n) is 2.22. The average Bonchev–Trinajstić information content (AvgIpc) is 1.64. The van der Waals surface area contributed by atoms with Crippen molar-refractivity contribution in [1.29, 1.82) is 0 Å². The first kappa shape index (κ1) is 11.5. The molecular weight excluding hydrogens is 146 g/mol. The first-order chi connectivity index (χ1) is 3.55. The molecule has 4 nitrogen and oxygen atoms in total. The predicted octanol–water partition coefficient (Wildman–Crippen LogP) is -0.799. The Hall–Kier alpha value is -0.320. The molecule has 4 N–H and O–H groups in total. The van der Waals surface area contributed by atoms with E-state index < -0.39 is 18.1 Å². The van der Waals surface area contributed by atoms with Crippen LogP contribution in [0.1, 0.15) is 6.92 Å². The Kier molecular flexibility index (Phi) is 5.80. The van der Waals surface area contributed by atoms with Gasteiger partial charge in [-0.05, 0) is 6.92 Å². The molecule has 0 amide bonds. The van der Waals surface area contributed by atoms with Gasteiger partial charge in [0.25, 0.3) is 0 Å². The molecule has 0 rings (SSSR count). The van der Waals surface area contributed by atoms with Crippen LogP contribution in [0.15, 0.2) is 0 Å². The molecule has 0 heterocycles. The van der Waals surface area contributed by atoms with E-state index in [1.807, 2.05) is 0 Å². The maximum absolute atomic E-state index is 9.81. The summed E-state index contributed by atoms with van der Waals surface area (Å²) in [5.41, 5.74) is 5.01. The second kappa shape index (κ2) is 4.55. The topological polar surface area (TPSA) is 83.5 Å². The highest BCUT2D eigenvalue weighted by atomic mass is 35.5. The fourth-order valence-electron chi connectivity index (χ4n) is 0.225. The van der Waals surface area contributed by atoms with Gasteiger partial charge in [-0.3, -0.25) is 0 Å². The molecule has 0 fully saturated rings. The van der Waals surface area contributed by atoms with Crippen LogP contribution in [0, 0.1) is 0 Å². The van der Waals surface area contributed by atoms with Crippen LogP contribution in [0.5, 0.6) is 0 Å². The molecule has 0 aromatic rings. The smallest absolute Gasteiger partial charge is 0.334 e. The lowest BCUT2D eigenvalue weighted by atomic mass is 10.2. The molecular formula is C4H10ClNO3. The third-order valence-corrected chi connectivity index (χ3v) is 0.751. The summed E-state index contributed by atoms with van der Waals surface area (Å²) >= 11 is 0. The van der Waals surface area contributed by atoms with Gasteiger partial charge in [-0.1, -0.05) is 0 Å². The SMILES string of the molecule is C[C@H](N)[C@H](O)C(=O)O.Cl. The van der Waals surface area contributed by atoms with Crippen molar-refractivity contribution in [2.75, 3.05) is 0 Å². The van der Waals surface area contributed by atoms with Crippen LogP contribution in [0.25, 0.3) is 0 Å². The number of carbonyl (C=O) groups is 1. The van der Waals surface area contributed by atoms with E-state index in [1.54, 1.807) is 0 Å². The number of halogens is 1. The predicted molar refractivity (Wildman–Crippen MR) is 34.5 cm³/mol. The van der Waals surface area contributed by atoms with Gasteiger partial charge in [-0.2, -0.15) is 0 Å². The fraction of sp³-hybridized carbons (Fsp3) is 0.750. The second-order valence-electron chi connectivity index (χ2n) is 1.64. The van der Waals surface area contributed by atoms with Gasteiger partial charge < -0.3 is 15.9 Å². The van der Waals surface area contributed by atoms with Crippen molar-refractivity contribution in [3.05, 3.63) is 0 Å². The van der Waals surface area contributed by atoms with Crippen LogP contribution in [-0.4, -0.2) is 28.3 Å². The van der Waals surface area contributed by atoms with E-state index in [4.69, 9.17) is 15.9 Å². The van der Waals surface area contributed by atoms with E-state index in [0.717, 1.165) is 0 Å².